The van der Waals surface area contributed by atoms with Crippen LogP contribution < -0.4 is 0 Å². The number of hydrogen-bond acceptors (Lipinski definition) is 6. The molecule has 75 heavy (non-hydrogen) atoms. The molecule has 0 radical (unpaired) electrons. The van der Waals surface area contributed by atoms with Crippen molar-refractivity contribution in [1.29, 1.82) is 0 Å². The van der Waals surface area contributed by atoms with Crippen molar-refractivity contribution in [2.24, 2.45) is 0 Å². The minimum Gasteiger partial charge on any atom is -0.462 e. The Labute approximate surface area is 464 Å². The molecule has 0 aliphatic rings. The van der Waals surface area contributed by atoms with Crippen LogP contribution in [0, 0.1) is 0 Å². The lowest BCUT2D eigenvalue weighted by atomic mass is 10.1. The zero-order chi connectivity index (χ0) is 54.3. The van der Waals surface area contributed by atoms with E-state index in [0.717, 1.165) is 109 Å². The molecule has 0 bridgehead atoms. The average molecular weight is 1040 g/mol. The van der Waals surface area contributed by atoms with Gasteiger partial charge in [0, 0.05) is 19.3 Å². The Hall–Kier alpha value is -3.67. The summed E-state index contributed by atoms with van der Waals surface area (Å²) in [5.41, 5.74) is 0. The van der Waals surface area contributed by atoms with E-state index in [-0.39, 0.29) is 31.1 Å². The van der Waals surface area contributed by atoms with Gasteiger partial charge in [0.2, 0.25) is 0 Å². The molecular formula is C69H118O6. The first kappa shape index (κ1) is 71.3. The molecule has 430 valence electrons. The zero-order valence-electron chi connectivity index (χ0n) is 49.3. The summed E-state index contributed by atoms with van der Waals surface area (Å²) in [6.45, 7) is 6.51. The highest BCUT2D eigenvalue weighted by molar-refractivity contribution is 5.71. The van der Waals surface area contributed by atoms with Gasteiger partial charge in [-0.25, -0.2) is 0 Å². The van der Waals surface area contributed by atoms with Gasteiger partial charge in [-0.3, -0.25) is 14.4 Å². The number of carbonyl (C=O) groups excluding carboxylic acids is 3. The van der Waals surface area contributed by atoms with Crippen LogP contribution in [0.5, 0.6) is 0 Å². The molecule has 0 saturated carbocycles. The van der Waals surface area contributed by atoms with E-state index in [1.54, 1.807) is 0 Å². The Morgan fingerprint density at radius 3 is 0.827 bits per heavy atom. The average Bonchev–Trinajstić information content (AvgIpc) is 3.41. The van der Waals surface area contributed by atoms with E-state index in [4.69, 9.17) is 14.2 Å². The number of rotatable bonds is 57. The number of unbranched alkanes of at least 4 members (excludes halogenated alkanes) is 30. The third-order valence-electron chi connectivity index (χ3n) is 13.6. The second kappa shape index (κ2) is 62.9. The van der Waals surface area contributed by atoms with Gasteiger partial charge in [-0.05, 0) is 103 Å². The fourth-order valence-corrected chi connectivity index (χ4v) is 8.83. The summed E-state index contributed by atoms with van der Waals surface area (Å²) in [5, 5.41) is 0. The maximum atomic E-state index is 12.9. The molecule has 0 saturated heterocycles. The van der Waals surface area contributed by atoms with Crippen molar-refractivity contribution in [3.63, 3.8) is 0 Å². The maximum absolute atomic E-state index is 12.9. The Kier molecular flexibility index (Phi) is 59.8. The van der Waals surface area contributed by atoms with Crippen LogP contribution in [-0.4, -0.2) is 37.2 Å². The molecule has 0 rings (SSSR count). The predicted octanol–water partition coefficient (Wildman–Crippen LogP) is 21.7. The molecule has 0 aliphatic heterocycles. The largest absolute Gasteiger partial charge is 0.462 e. The van der Waals surface area contributed by atoms with Crippen LogP contribution in [-0.2, 0) is 28.6 Å². The number of hydrogen-bond donors (Lipinski definition) is 0. The normalized spacial score (nSPS) is 12.7. The van der Waals surface area contributed by atoms with Crippen molar-refractivity contribution in [2.75, 3.05) is 13.2 Å². The van der Waals surface area contributed by atoms with Gasteiger partial charge in [-0.2, -0.15) is 0 Å². The van der Waals surface area contributed by atoms with E-state index < -0.39 is 6.10 Å². The van der Waals surface area contributed by atoms with E-state index in [1.807, 2.05) is 0 Å². The molecule has 0 heterocycles. The second-order valence-electron chi connectivity index (χ2n) is 20.9. The third kappa shape index (κ3) is 61.1. The minimum absolute atomic E-state index is 0.0793. The van der Waals surface area contributed by atoms with Crippen LogP contribution in [0.4, 0.5) is 0 Å². The summed E-state index contributed by atoms with van der Waals surface area (Å²) in [6, 6.07) is 0. The first-order valence-electron chi connectivity index (χ1n) is 31.7. The van der Waals surface area contributed by atoms with E-state index >= 15 is 0 Å². The molecule has 0 aromatic carbocycles. The smallest absolute Gasteiger partial charge is 0.306 e. The summed E-state index contributed by atoms with van der Waals surface area (Å²) in [6.07, 6.45) is 84.2. The van der Waals surface area contributed by atoms with Crippen LogP contribution >= 0.6 is 0 Å². The van der Waals surface area contributed by atoms with E-state index in [1.165, 1.54) is 154 Å². The first-order chi connectivity index (χ1) is 37.0. The van der Waals surface area contributed by atoms with Crippen molar-refractivity contribution in [3.8, 4) is 0 Å². The molecule has 0 aromatic heterocycles. The summed E-state index contributed by atoms with van der Waals surface area (Å²) in [5.74, 6) is -0.887. The lowest BCUT2D eigenvalue weighted by Gasteiger charge is -2.18. The summed E-state index contributed by atoms with van der Waals surface area (Å²) in [7, 11) is 0. The molecule has 1 atom stereocenters. The Bertz CT molecular complexity index is 1480. The molecule has 0 spiro atoms. The van der Waals surface area contributed by atoms with Crippen LogP contribution in [0.1, 0.15) is 303 Å². The van der Waals surface area contributed by atoms with Gasteiger partial charge in [0.05, 0.1) is 0 Å². The monoisotopic (exact) mass is 1040 g/mol. The van der Waals surface area contributed by atoms with Gasteiger partial charge in [0.25, 0.3) is 0 Å². The highest BCUT2D eigenvalue weighted by Crippen LogP contribution is 2.16. The Morgan fingerprint density at radius 1 is 0.280 bits per heavy atom. The van der Waals surface area contributed by atoms with Crippen molar-refractivity contribution in [1.82, 2.24) is 0 Å². The quantitative estimate of drug-likeness (QED) is 0.0261. The van der Waals surface area contributed by atoms with Gasteiger partial charge < -0.3 is 14.2 Å². The molecule has 0 N–H and O–H groups in total. The third-order valence-corrected chi connectivity index (χ3v) is 13.6. The van der Waals surface area contributed by atoms with E-state index in [0.29, 0.717) is 19.3 Å². The molecule has 1 unspecified atom stereocenters. The molecule has 6 heteroatoms. The van der Waals surface area contributed by atoms with Gasteiger partial charge in [-0.15, -0.1) is 0 Å². The first-order valence-corrected chi connectivity index (χ1v) is 31.7. The summed E-state index contributed by atoms with van der Waals surface area (Å²) < 4.78 is 16.9. The summed E-state index contributed by atoms with van der Waals surface area (Å²) in [4.78, 5) is 38.2. The molecule has 0 aromatic rings. The zero-order valence-corrected chi connectivity index (χ0v) is 49.3. The Balaban J connectivity index is 4.24. The van der Waals surface area contributed by atoms with E-state index in [9.17, 15) is 14.4 Å². The van der Waals surface area contributed by atoms with Gasteiger partial charge in [0.1, 0.15) is 13.2 Å². The number of carbonyl (C=O) groups is 3. The SMILES string of the molecule is CC/C=C\C/C=C\C/C=C\C/C=C\C/C=C\C/C=C\C/C=C\CCCCCCCCCC(=O)OCC(COC(=O)CCCCCCCCCCC)OC(=O)CCCCCCCCCCC/C=C\CCCCCCCC. The molecule has 0 fully saturated rings. The van der Waals surface area contributed by atoms with Crippen molar-refractivity contribution >= 4 is 17.9 Å². The van der Waals surface area contributed by atoms with Crippen LogP contribution in [0.2, 0.25) is 0 Å². The Morgan fingerprint density at radius 2 is 0.520 bits per heavy atom. The molecular weight excluding hydrogens is 925 g/mol. The molecule has 0 aliphatic carbocycles. The van der Waals surface area contributed by atoms with Crippen LogP contribution in [0.25, 0.3) is 0 Å². The lowest BCUT2D eigenvalue weighted by molar-refractivity contribution is -0.167. The van der Waals surface area contributed by atoms with E-state index in [2.05, 4.69) is 118 Å². The highest BCUT2D eigenvalue weighted by Gasteiger charge is 2.19. The van der Waals surface area contributed by atoms with Gasteiger partial charge >= 0.3 is 17.9 Å². The topological polar surface area (TPSA) is 78.9 Å². The van der Waals surface area contributed by atoms with Crippen molar-refractivity contribution in [3.05, 3.63) is 97.2 Å². The van der Waals surface area contributed by atoms with Crippen molar-refractivity contribution < 1.29 is 28.6 Å². The van der Waals surface area contributed by atoms with Crippen molar-refractivity contribution in [2.45, 2.75) is 309 Å². The fourth-order valence-electron chi connectivity index (χ4n) is 8.83. The fraction of sp³-hybridized carbons (Fsp3) is 0.725. The molecule has 0 amide bonds. The number of allylic oxidation sites excluding steroid dienone is 16. The molecule has 6 nitrogen and oxygen atoms in total. The predicted molar refractivity (Wildman–Crippen MR) is 325 cm³/mol. The highest BCUT2D eigenvalue weighted by atomic mass is 16.6. The number of ether oxygens (including phenoxy) is 3. The van der Waals surface area contributed by atoms with Crippen LogP contribution in [0.15, 0.2) is 97.2 Å². The lowest BCUT2D eigenvalue weighted by Crippen LogP contribution is -2.30. The van der Waals surface area contributed by atoms with Crippen LogP contribution in [0.3, 0.4) is 0 Å². The second-order valence-corrected chi connectivity index (χ2v) is 20.9. The van der Waals surface area contributed by atoms with Gasteiger partial charge in [-0.1, -0.05) is 279 Å². The number of esters is 3. The standard InChI is InChI=1S/C69H118O6/c1-4-7-10-13-16-19-21-23-25-27-29-30-31-32-33-34-35-36-37-38-40-41-43-45-47-50-53-56-59-62-68(71)74-65-66(64-73-67(70)61-58-55-52-49-18-15-12-9-6-3)75-69(72)63-60-57-54-51-48-46-44-42-39-28-26-24-22-20-17-14-11-8-5-2/h7,10,16,19,23-26,29-30,32-33,35-36,38,40,66H,4-6,8-9,11-15,17-18,20-22,27-28,31,34,37,39,41-65H2,1-3H3/b10-7-,19-16-,25-23-,26-24-,30-29-,33-32-,36-35-,40-38-. The maximum Gasteiger partial charge on any atom is 0.306 e. The summed E-state index contributed by atoms with van der Waals surface area (Å²) >= 11 is 0. The van der Waals surface area contributed by atoms with Gasteiger partial charge in [0.15, 0.2) is 6.10 Å². The minimum atomic E-state index is -0.782.